The first-order valence-electron chi connectivity index (χ1n) is 13.0. The highest BCUT2D eigenvalue weighted by Gasteiger charge is 2.85. The van der Waals surface area contributed by atoms with E-state index in [1.165, 1.54) is 13.2 Å². The minimum Gasteiger partial charge on any atom is -0.507 e. The quantitative estimate of drug-likeness (QED) is 0.543. The Morgan fingerprint density at radius 2 is 1.95 bits per heavy atom. The van der Waals surface area contributed by atoms with Crippen molar-refractivity contribution in [2.75, 3.05) is 14.2 Å². The molecular weight excluding hydrogens is 472 g/mol. The summed E-state index contributed by atoms with van der Waals surface area (Å²) in [5.74, 6) is -1.42. The Balaban J connectivity index is 1.90. The van der Waals surface area contributed by atoms with Crippen molar-refractivity contribution < 1.29 is 33.6 Å². The zero-order valence-corrected chi connectivity index (χ0v) is 23.1. The number of allylic oxidation sites excluding steroid dienone is 2. The molecule has 7 nitrogen and oxygen atoms in total. The van der Waals surface area contributed by atoms with E-state index in [2.05, 4.69) is 6.58 Å². The second-order valence-corrected chi connectivity index (χ2v) is 12.3. The van der Waals surface area contributed by atoms with Gasteiger partial charge in [0, 0.05) is 42.4 Å². The molecule has 6 unspecified atom stereocenters. The predicted molar refractivity (Wildman–Crippen MR) is 138 cm³/mol. The van der Waals surface area contributed by atoms with Gasteiger partial charge in [-0.2, -0.15) is 0 Å². The first-order valence-corrected chi connectivity index (χ1v) is 13.0. The van der Waals surface area contributed by atoms with Crippen molar-refractivity contribution in [3.63, 3.8) is 0 Å². The summed E-state index contributed by atoms with van der Waals surface area (Å²) in [6.07, 6.45) is 3.83. The van der Waals surface area contributed by atoms with E-state index in [9.17, 15) is 14.7 Å². The van der Waals surface area contributed by atoms with Crippen molar-refractivity contribution in [3.05, 3.63) is 41.5 Å². The summed E-state index contributed by atoms with van der Waals surface area (Å²) in [5, 5.41) is 11.2. The molecule has 5 aliphatic rings. The number of ketones is 2. The van der Waals surface area contributed by atoms with Gasteiger partial charge in [0.25, 0.3) is 0 Å². The molecule has 3 saturated carbocycles. The van der Waals surface area contributed by atoms with Crippen LogP contribution < -0.4 is 9.47 Å². The van der Waals surface area contributed by atoms with Gasteiger partial charge in [0.05, 0.1) is 24.7 Å². The molecule has 2 aliphatic heterocycles. The lowest BCUT2D eigenvalue weighted by Crippen LogP contribution is -2.80. The van der Waals surface area contributed by atoms with Crippen LogP contribution in [0.25, 0.3) is 0 Å². The van der Waals surface area contributed by atoms with Crippen LogP contribution in [0.1, 0.15) is 70.3 Å². The molecule has 2 heterocycles. The first-order chi connectivity index (χ1) is 17.2. The number of rotatable bonds is 6. The largest absolute Gasteiger partial charge is 0.507 e. The first kappa shape index (κ1) is 26.0. The Morgan fingerprint density at radius 3 is 2.51 bits per heavy atom. The fourth-order valence-corrected chi connectivity index (χ4v) is 7.67. The van der Waals surface area contributed by atoms with Crippen molar-refractivity contribution in [3.8, 4) is 17.2 Å². The van der Waals surface area contributed by atoms with Gasteiger partial charge in [-0.3, -0.25) is 9.59 Å². The van der Waals surface area contributed by atoms with Crippen LogP contribution in [0.3, 0.4) is 0 Å². The molecule has 6 atom stereocenters. The van der Waals surface area contributed by atoms with Crippen LogP contribution in [0.15, 0.2) is 30.4 Å². The molecule has 7 heteroatoms. The van der Waals surface area contributed by atoms with E-state index in [0.717, 1.165) is 5.57 Å². The van der Waals surface area contributed by atoms with Gasteiger partial charge in [0.2, 0.25) is 0 Å². The average molecular weight is 511 g/mol. The van der Waals surface area contributed by atoms with E-state index in [1.54, 1.807) is 13.2 Å². The summed E-state index contributed by atoms with van der Waals surface area (Å²) in [4.78, 5) is 29.0. The second-order valence-electron chi connectivity index (χ2n) is 12.3. The minimum absolute atomic E-state index is 0.0619. The highest BCUT2D eigenvalue weighted by molar-refractivity contribution is 6.09. The van der Waals surface area contributed by atoms with Gasteiger partial charge in [-0.05, 0) is 34.1 Å². The number of fused-ring (bicyclic) bond motifs is 1. The zero-order chi connectivity index (χ0) is 27.3. The van der Waals surface area contributed by atoms with Gasteiger partial charge < -0.3 is 24.1 Å². The van der Waals surface area contributed by atoms with Gasteiger partial charge in [-0.1, -0.05) is 31.6 Å². The van der Waals surface area contributed by atoms with Crippen LogP contribution in [-0.2, 0) is 19.7 Å². The summed E-state index contributed by atoms with van der Waals surface area (Å²) in [6, 6.07) is 1.46. The Bertz CT molecular complexity index is 1240. The van der Waals surface area contributed by atoms with Crippen LogP contribution >= 0.6 is 0 Å². The molecule has 0 radical (unpaired) electrons. The molecule has 37 heavy (non-hydrogen) atoms. The molecule has 4 fully saturated rings. The van der Waals surface area contributed by atoms with Crippen LogP contribution in [-0.4, -0.2) is 53.8 Å². The van der Waals surface area contributed by atoms with E-state index in [1.807, 2.05) is 47.6 Å². The fraction of sp³-hybridized carbons (Fsp3) is 0.600. The maximum atomic E-state index is 14.7. The molecule has 1 aromatic rings. The molecule has 3 aliphatic carbocycles. The van der Waals surface area contributed by atoms with Gasteiger partial charge in [-0.25, -0.2) is 0 Å². The summed E-state index contributed by atoms with van der Waals surface area (Å²) < 4.78 is 25.4. The second kappa shape index (κ2) is 7.93. The summed E-state index contributed by atoms with van der Waals surface area (Å²) >= 11 is 0. The minimum atomic E-state index is -1.37. The molecule has 1 aromatic carbocycles. The van der Waals surface area contributed by atoms with Crippen LogP contribution in [0.2, 0.25) is 0 Å². The zero-order valence-electron chi connectivity index (χ0n) is 23.1. The number of carbonyl (C=O) groups excluding carboxylic acids is 2. The van der Waals surface area contributed by atoms with Crippen molar-refractivity contribution in [1.29, 1.82) is 0 Å². The molecule has 0 amide bonds. The number of phenols is 1. The number of methoxy groups -OCH3 is 2. The van der Waals surface area contributed by atoms with E-state index in [0.29, 0.717) is 12.0 Å². The molecule has 1 N–H and O–H groups in total. The third kappa shape index (κ3) is 3.01. The normalized spacial score (nSPS) is 34.9. The molecule has 200 valence electrons. The van der Waals surface area contributed by atoms with Crippen LogP contribution in [0.4, 0.5) is 0 Å². The van der Waals surface area contributed by atoms with Crippen molar-refractivity contribution >= 4 is 11.6 Å². The predicted octanol–water partition coefficient (Wildman–Crippen LogP) is 4.93. The maximum Gasteiger partial charge on any atom is 0.180 e. The summed E-state index contributed by atoms with van der Waals surface area (Å²) in [7, 11) is 3.01. The lowest BCUT2D eigenvalue weighted by Gasteiger charge is -2.62. The SMILES string of the molecule is C=CC(C)(C)c1c(O)cc(OC)c2c1OC13C(C2=O)C(OC)C2CC1C(C)(C)OC3(CC=C(C)C)C2=O. The molecule has 6 rings (SSSR count). The topological polar surface area (TPSA) is 91.3 Å². The van der Waals surface area contributed by atoms with Crippen LogP contribution in [0, 0.1) is 17.8 Å². The number of phenolic OH excluding ortho intramolecular Hbond substituents is 1. The number of hydrogen-bond acceptors (Lipinski definition) is 7. The van der Waals surface area contributed by atoms with Gasteiger partial charge in [0.1, 0.15) is 22.8 Å². The van der Waals surface area contributed by atoms with Crippen LogP contribution in [0.5, 0.6) is 17.2 Å². The van der Waals surface area contributed by atoms with Gasteiger partial charge in [-0.15, -0.1) is 6.58 Å². The molecule has 1 spiro atoms. The van der Waals surface area contributed by atoms with Crippen molar-refractivity contribution in [2.45, 2.75) is 82.7 Å². The maximum absolute atomic E-state index is 14.7. The number of hydrogen-bond donors (Lipinski definition) is 1. The number of carbonyl (C=O) groups is 2. The van der Waals surface area contributed by atoms with Crippen molar-refractivity contribution in [1.82, 2.24) is 0 Å². The highest BCUT2D eigenvalue weighted by Crippen LogP contribution is 2.70. The summed E-state index contributed by atoms with van der Waals surface area (Å²) in [5.41, 5.74) is -2.43. The monoisotopic (exact) mass is 510 g/mol. The van der Waals surface area contributed by atoms with E-state index in [4.69, 9.17) is 18.9 Å². The Morgan fingerprint density at radius 1 is 1.27 bits per heavy atom. The Hall–Kier alpha value is -2.64. The number of Topliss-reactive ketones (excluding diaryl/α,β-unsaturated/α-hetero) is 2. The standard InChI is InChI=1S/C30H38O7/c1-10-27(4,5)21-17(31)14-18(34-8)20-23(32)22-24(35-9)16-13-19-28(6,7)37-29(26(16)33,12-11-15(2)3)30(19,22)36-25(20)21/h10-11,14,16,19,22,24,31H,1,12-13H2,2-9H3. The Kier molecular flexibility index (Phi) is 5.57. The number of benzene rings is 1. The average Bonchev–Trinajstić information content (AvgIpc) is 2.97. The molecule has 1 saturated heterocycles. The number of ether oxygens (including phenoxy) is 4. The lowest BCUT2D eigenvalue weighted by molar-refractivity contribution is -0.224. The number of aromatic hydroxyl groups is 1. The van der Waals surface area contributed by atoms with Crippen molar-refractivity contribution in [2.24, 2.45) is 17.8 Å². The Labute approximate surface area is 218 Å². The highest BCUT2D eigenvalue weighted by atomic mass is 16.6. The van der Waals surface area contributed by atoms with E-state index >= 15 is 0 Å². The molecule has 0 aromatic heterocycles. The third-order valence-electron chi connectivity index (χ3n) is 9.31. The fourth-order valence-electron chi connectivity index (χ4n) is 7.67. The molecule has 4 bridgehead atoms. The van der Waals surface area contributed by atoms with Gasteiger partial charge >= 0.3 is 0 Å². The smallest absolute Gasteiger partial charge is 0.180 e. The lowest BCUT2D eigenvalue weighted by atomic mass is 9.45. The molecular formula is C30H38O7. The van der Waals surface area contributed by atoms with Gasteiger partial charge in [0.15, 0.2) is 22.8 Å². The summed E-state index contributed by atoms with van der Waals surface area (Å²) in [6.45, 7) is 15.7. The van der Waals surface area contributed by atoms with E-state index in [-0.39, 0.29) is 46.7 Å². The van der Waals surface area contributed by atoms with E-state index < -0.39 is 40.2 Å². The third-order valence-corrected chi connectivity index (χ3v) is 9.31.